The normalized spacial score (nSPS) is 10.1. The third-order valence-corrected chi connectivity index (χ3v) is 1.95. The predicted octanol–water partition coefficient (Wildman–Crippen LogP) is -0.0258. The lowest BCUT2D eigenvalue weighted by Gasteiger charge is -1.97. The molecule has 1 amide bonds. The molecule has 0 bridgehead atoms. The standard InChI is InChI=1S/C9H9N5O2/c1-16-9-11-3-5(4-12-9)6-2-7(8(10)15)14-13-6/h2-4H,1H3,(H2,10,15)(H,13,14). The summed E-state index contributed by atoms with van der Waals surface area (Å²) in [5.41, 5.74) is 6.55. The van der Waals surface area contributed by atoms with Crippen LogP contribution in [-0.2, 0) is 0 Å². The first-order valence-corrected chi connectivity index (χ1v) is 4.42. The van der Waals surface area contributed by atoms with Crippen molar-refractivity contribution < 1.29 is 9.53 Å². The molecule has 2 rings (SSSR count). The maximum atomic E-state index is 10.8. The SMILES string of the molecule is COc1ncc(-c2cc(C(N)=O)[nH]n2)cn1. The van der Waals surface area contributed by atoms with Crippen LogP contribution in [0.1, 0.15) is 10.5 Å². The first-order valence-electron chi connectivity index (χ1n) is 4.42. The zero-order valence-electron chi connectivity index (χ0n) is 8.47. The number of amides is 1. The van der Waals surface area contributed by atoms with E-state index in [1.54, 1.807) is 12.4 Å². The molecule has 2 aromatic heterocycles. The fourth-order valence-electron chi connectivity index (χ4n) is 1.15. The molecule has 3 N–H and O–H groups in total. The summed E-state index contributed by atoms with van der Waals surface area (Å²) in [6, 6.07) is 1.81. The minimum absolute atomic E-state index is 0.241. The van der Waals surface area contributed by atoms with E-state index in [1.165, 1.54) is 13.2 Å². The number of aromatic nitrogens is 4. The van der Waals surface area contributed by atoms with E-state index in [1.807, 2.05) is 0 Å². The summed E-state index contributed by atoms with van der Waals surface area (Å²) in [5.74, 6) is -0.562. The van der Waals surface area contributed by atoms with Crippen LogP contribution in [0, 0.1) is 0 Å². The highest BCUT2D eigenvalue weighted by atomic mass is 16.5. The molecule has 0 saturated carbocycles. The third kappa shape index (κ3) is 1.83. The molecule has 0 aliphatic rings. The highest BCUT2D eigenvalue weighted by Crippen LogP contribution is 2.16. The molecular weight excluding hydrogens is 210 g/mol. The van der Waals surface area contributed by atoms with Gasteiger partial charge < -0.3 is 10.5 Å². The van der Waals surface area contributed by atoms with Gasteiger partial charge in [-0.15, -0.1) is 0 Å². The Morgan fingerprint density at radius 3 is 2.62 bits per heavy atom. The minimum atomic E-state index is -0.562. The summed E-state index contributed by atoms with van der Waals surface area (Å²) in [4.78, 5) is 18.7. The molecule has 0 radical (unpaired) electrons. The number of carbonyl (C=O) groups excluding carboxylic acids is 1. The van der Waals surface area contributed by atoms with E-state index in [0.717, 1.165) is 0 Å². The first-order chi connectivity index (χ1) is 7.70. The number of ether oxygens (including phenoxy) is 1. The summed E-state index contributed by atoms with van der Waals surface area (Å²) in [7, 11) is 1.48. The molecule has 2 aromatic rings. The van der Waals surface area contributed by atoms with Gasteiger partial charge in [-0.25, -0.2) is 9.97 Å². The number of aromatic amines is 1. The molecular formula is C9H9N5O2. The predicted molar refractivity (Wildman–Crippen MR) is 54.7 cm³/mol. The van der Waals surface area contributed by atoms with Gasteiger partial charge in [-0.1, -0.05) is 0 Å². The van der Waals surface area contributed by atoms with E-state index in [2.05, 4.69) is 20.2 Å². The Labute approximate surface area is 90.7 Å². The van der Waals surface area contributed by atoms with Gasteiger partial charge in [0.15, 0.2) is 0 Å². The zero-order valence-corrected chi connectivity index (χ0v) is 8.47. The fraction of sp³-hybridized carbons (Fsp3) is 0.111. The molecule has 0 fully saturated rings. The lowest BCUT2D eigenvalue weighted by Crippen LogP contribution is -2.10. The Morgan fingerprint density at radius 1 is 1.44 bits per heavy atom. The van der Waals surface area contributed by atoms with Crippen molar-refractivity contribution in [3.8, 4) is 17.3 Å². The summed E-state index contributed by atoms with van der Waals surface area (Å²) in [6.45, 7) is 0. The summed E-state index contributed by atoms with van der Waals surface area (Å²) < 4.78 is 4.82. The van der Waals surface area contributed by atoms with Crippen molar-refractivity contribution in [2.24, 2.45) is 5.73 Å². The van der Waals surface area contributed by atoms with Crippen LogP contribution in [0.5, 0.6) is 6.01 Å². The lowest BCUT2D eigenvalue weighted by atomic mass is 10.2. The van der Waals surface area contributed by atoms with Gasteiger partial charge >= 0.3 is 6.01 Å². The molecule has 0 aliphatic heterocycles. The molecule has 16 heavy (non-hydrogen) atoms. The topological polar surface area (TPSA) is 107 Å². The second-order valence-corrected chi connectivity index (χ2v) is 2.99. The van der Waals surface area contributed by atoms with Crippen molar-refractivity contribution in [1.82, 2.24) is 20.2 Å². The van der Waals surface area contributed by atoms with Gasteiger partial charge in [0.1, 0.15) is 5.69 Å². The number of methoxy groups -OCH3 is 1. The Morgan fingerprint density at radius 2 is 2.12 bits per heavy atom. The molecule has 0 aromatic carbocycles. The van der Waals surface area contributed by atoms with Crippen LogP contribution in [-0.4, -0.2) is 33.2 Å². The molecule has 0 aliphatic carbocycles. The number of carbonyl (C=O) groups is 1. The van der Waals surface area contributed by atoms with Crippen LogP contribution >= 0.6 is 0 Å². The van der Waals surface area contributed by atoms with E-state index in [9.17, 15) is 4.79 Å². The van der Waals surface area contributed by atoms with Crippen molar-refractivity contribution in [2.45, 2.75) is 0 Å². The maximum absolute atomic E-state index is 10.8. The van der Waals surface area contributed by atoms with Crippen molar-refractivity contribution in [1.29, 1.82) is 0 Å². The molecule has 0 saturated heterocycles. The molecule has 0 spiro atoms. The Kier molecular flexibility index (Phi) is 2.50. The smallest absolute Gasteiger partial charge is 0.316 e. The molecule has 7 nitrogen and oxygen atoms in total. The number of primary amides is 1. The van der Waals surface area contributed by atoms with Crippen LogP contribution in [0.15, 0.2) is 18.5 Å². The lowest BCUT2D eigenvalue weighted by molar-refractivity contribution is 0.0995. The molecule has 0 atom stereocenters. The van der Waals surface area contributed by atoms with E-state index in [4.69, 9.17) is 10.5 Å². The zero-order chi connectivity index (χ0) is 11.5. The second-order valence-electron chi connectivity index (χ2n) is 2.99. The molecule has 0 unspecified atom stereocenters. The average molecular weight is 219 g/mol. The molecule has 2 heterocycles. The minimum Gasteiger partial charge on any atom is -0.467 e. The highest BCUT2D eigenvalue weighted by molar-refractivity contribution is 5.91. The van der Waals surface area contributed by atoms with E-state index in [0.29, 0.717) is 11.3 Å². The van der Waals surface area contributed by atoms with Gasteiger partial charge in [0.25, 0.3) is 5.91 Å². The first kappa shape index (κ1) is 10.1. The van der Waals surface area contributed by atoms with Gasteiger partial charge in [-0.2, -0.15) is 5.10 Å². The molecule has 82 valence electrons. The van der Waals surface area contributed by atoms with E-state index in [-0.39, 0.29) is 11.7 Å². The van der Waals surface area contributed by atoms with E-state index >= 15 is 0 Å². The van der Waals surface area contributed by atoms with Gasteiger partial charge in [-0.3, -0.25) is 9.89 Å². The Balaban J connectivity index is 2.31. The number of hydrogen-bond acceptors (Lipinski definition) is 5. The highest BCUT2D eigenvalue weighted by Gasteiger charge is 2.08. The molecule has 7 heteroatoms. The van der Waals surface area contributed by atoms with Crippen LogP contribution in [0.25, 0.3) is 11.3 Å². The monoisotopic (exact) mass is 219 g/mol. The number of H-pyrrole nitrogens is 1. The number of rotatable bonds is 3. The quantitative estimate of drug-likeness (QED) is 0.754. The largest absolute Gasteiger partial charge is 0.467 e. The number of nitrogens with one attached hydrogen (secondary N) is 1. The third-order valence-electron chi connectivity index (χ3n) is 1.95. The Hall–Kier alpha value is -2.44. The van der Waals surface area contributed by atoms with Crippen molar-refractivity contribution in [2.75, 3.05) is 7.11 Å². The number of nitrogens with two attached hydrogens (primary N) is 1. The van der Waals surface area contributed by atoms with Crippen molar-refractivity contribution in [3.63, 3.8) is 0 Å². The van der Waals surface area contributed by atoms with Crippen LogP contribution in [0.2, 0.25) is 0 Å². The number of nitrogens with zero attached hydrogens (tertiary/aromatic N) is 3. The van der Waals surface area contributed by atoms with Crippen LogP contribution < -0.4 is 10.5 Å². The summed E-state index contributed by atoms with van der Waals surface area (Å²) >= 11 is 0. The maximum Gasteiger partial charge on any atom is 0.316 e. The summed E-state index contributed by atoms with van der Waals surface area (Å²) in [5, 5.41) is 6.44. The Bertz CT molecular complexity index is 505. The fourth-order valence-corrected chi connectivity index (χ4v) is 1.15. The average Bonchev–Trinajstić information content (AvgIpc) is 2.78. The van der Waals surface area contributed by atoms with Gasteiger partial charge in [-0.05, 0) is 6.07 Å². The van der Waals surface area contributed by atoms with E-state index < -0.39 is 5.91 Å². The van der Waals surface area contributed by atoms with Crippen molar-refractivity contribution >= 4 is 5.91 Å². The van der Waals surface area contributed by atoms with Gasteiger partial charge in [0.2, 0.25) is 0 Å². The second kappa shape index (κ2) is 3.97. The van der Waals surface area contributed by atoms with Crippen LogP contribution in [0.3, 0.4) is 0 Å². The van der Waals surface area contributed by atoms with Crippen molar-refractivity contribution in [3.05, 3.63) is 24.2 Å². The van der Waals surface area contributed by atoms with Gasteiger partial charge in [0.05, 0.1) is 12.8 Å². The van der Waals surface area contributed by atoms with Crippen LogP contribution in [0.4, 0.5) is 0 Å². The summed E-state index contributed by atoms with van der Waals surface area (Å²) in [6.07, 6.45) is 3.10. The van der Waals surface area contributed by atoms with Gasteiger partial charge in [0, 0.05) is 18.0 Å². The number of hydrogen-bond donors (Lipinski definition) is 2.